The monoisotopic (exact) mass is 228 g/mol. The Kier molecular flexibility index (Phi) is 4.82. The standard InChI is InChI=1S/C10H16N2O4/c11-12-8(6-13)9(16-10(14)15)7-4-2-1-3-5-7/h7,9,12H,1-5,11H2,(H,14,15)/t9-/m0/s1. The van der Waals surface area contributed by atoms with Gasteiger partial charge in [0, 0.05) is 5.92 Å². The molecule has 0 aliphatic heterocycles. The molecule has 1 rings (SSSR count). The summed E-state index contributed by atoms with van der Waals surface area (Å²) in [7, 11) is 0. The van der Waals surface area contributed by atoms with Crippen LogP contribution in [-0.2, 0) is 9.53 Å². The minimum atomic E-state index is -1.40. The lowest BCUT2D eigenvalue weighted by atomic mass is 9.84. The summed E-state index contributed by atoms with van der Waals surface area (Å²) in [5.41, 5.74) is 2.13. The SMILES string of the molecule is NNC(=C=O)[C@@H](OC(=O)O)C1CCCCC1. The fourth-order valence-electron chi connectivity index (χ4n) is 2.11. The van der Waals surface area contributed by atoms with Gasteiger partial charge < -0.3 is 15.3 Å². The van der Waals surface area contributed by atoms with E-state index in [1.807, 2.05) is 0 Å². The maximum absolute atomic E-state index is 10.6. The largest absolute Gasteiger partial charge is 0.506 e. The molecule has 6 heteroatoms. The maximum atomic E-state index is 10.6. The van der Waals surface area contributed by atoms with E-state index in [0.29, 0.717) is 0 Å². The van der Waals surface area contributed by atoms with Gasteiger partial charge in [-0.3, -0.25) is 0 Å². The topological polar surface area (TPSA) is 102 Å². The average Bonchev–Trinajstić information content (AvgIpc) is 2.30. The van der Waals surface area contributed by atoms with E-state index in [4.69, 9.17) is 15.7 Å². The van der Waals surface area contributed by atoms with Crippen LogP contribution in [0.15, 0.2) is 5.70 Å². The highest BCUT2D eigenvalue weighted by Gasteiger charge is 2.30. The van der Waals surface area contributed by atoms with E-state index >= 15 is 0 Å². The number of nitrogens with one attached hydrogen (secondary N) is 1. The van der Waals surface area contributed by atoms with Gasteiger partial charge in [-0.1, -0.05) is 19.3 Å². The number of carbonyl (C=O) groups is 1. The summed E-state index contributed by atoms with van der Waals surface area (Å²) in [6.07, 6.45) is 2.61. The van der Waals surface area contributed by atoms with Crippen LogP contribution < -0.4 is 11.3 Å². The van der Waals surface area contributed by atoms with Gasteiger partial charge in [-0.15, -0.1) is 0 Å². The minimum Gasteiger partial charge on any atom is -0.450 e. The van der Waals surface area contributed by atoms with E-state index in [9.17, 15) is 9.59 Å². The number of rotatable bonds is 4. The van der Waals surface area contributed by atoms with Gasteiger partial charge in [-0.2, -0.15) is 0 Å². The van der Waals surface area contributed by atoms with Gasteiger partial charge in [0.05, 0.1) is 0 Å². The zero-order valence-electron chi connectivity index (χ0n) is 8.94. The van der Waals surface area contributed by atoms with Crippen LogP contribution in [0.25, 0.3) is 0 Å². The fraction of sp³-hybridized carbons (Fsp3) is 0.700. The van der Waals surface area contributed by atoms with Crippen LogP contribution in [0.4, 0.5) is 4.79 Å². The first-order valence-electron chi connectivity index (χ1n) is 5.30. The molecule has 0 radical (unpaired) electrons. The number of hydrazine groups is 1. The van der Waals surface area contributed by atoms with Crippen LogP contribution in [0.1, 0.15) is 32.1 Å². The van der Waals surface area contributed by atoms with Gasteiger partial charge in [0.15, 0.2) is 17.7 Å². The molecule has 1 saturated carbocycles. The molecule has 0 aromatic rings. The van der Waals surface area contributed by atoms with Gasteiger partial charge in [0.25, 0.3) is 0 Å². The second-order valence-corrected chi connectivity index (χ2v) is 3.86. The first kappa shape index (κ1) is 12.5. The molecular formula is C10H16N2O4. The Morgan fingerprint density at radius 3 is 2.50 bits per heavy atom. The number of ether oxygens (including phenoxy) is 1. The van der Waals surface area contributed by atoms with Crippen LogP contribution in [0.3, 0.4) is 0 Å². The normalized spacial score (nSPS) is 18.3. The van der Waals surface area contributed by atoms with Crippen LogP contribution in [-0.4, -0.2) is 23.3 Å². The van der Waals surface area contributed by atoms with Crippen molar-refractivity contribution < 1.29 is 19.4 Å². The molecule has 1 aliphatic rings. The van der Waals surface area contributed by atoms with Crippen molar-refractivity contribution in [1.82, 2.24) is 5.43 Å². The van der Waals surface area contributed by atoms with Gasteiger partial charge >= 0.3 is 6.16 Å². The van der Waals surface area contributed by atoms with Crippen molar-refractivity contribution >= 4 is 12.1 Å². The van der Waals surface area contributed by atoms with Crippen molar-refractivity contribution in [3.63, 3.8) is 0 Å². The molecular weight excluding hydrogens is 212 g/mol. The number of carbonyl (C=O) groups excluding carboxylic acids is 1. The maximum Gasteiger partial charge on any atom is 0.506 e. The lowest BCUT2D eigenvalue weighted by Crippen LogP contribution is -2.38. The van der Waals surface area contributed by atoms with Crippen LogP contribution in [0, 0.1) is 5.92 Å². The van der Waals surface area contributed by atoms with E-state index in [2.05, 4.69) is 5.43 Å². The molecule has 0 aromatic carbocycles. The lowest BCUT2D eigenvalue weighted by molar-refractivity contribution is 0.0303. The third-order valence-corrected chi connectivity index (χ3v) is 2.86. The molecule has 90 valence electrons. The fourth-order valence-corrected chi connectivity index (χ4v) is 2.11. The van der Waals surface area contributed by atoms with Crippen molar-refractivity contribution in [1.29, 1.82) is 0 Å². The Labute approximate surface area is 93.4 Å². The Bertz CT molecular complexity index is 293. The van der Waals surface area contributed by atoms with Crippen LogP contribution in [0.5, 0.6) is 0 Å². The lowest BCUT2D eigenvalue weighted by Gasteiger charge is -2.28. The van der Waals surface area contributed by atoms with Gasteiger partial charge in [-0.25, -0.2) is 15.4 Å². The first-order chi connectivity index (χ1) is 7.69. The van der Waals surface area contributed by atoms with Crippen LogP contribution >= 0.6 is 0 Å². The Hall–Kier alpha value is -1.52. The predicted molar refractivity (Wildman–Crippen MR) is 56.0 cm³/mol. The highest BCUT2D eigenvalue weighted by Crippen LogP contribution is 2.29. The smallest absolute Gasteiger partial charge is 0.450 e. The third kappa shape index (κ3) is 3.25. The molecule has 0 bridgehead atoms. The molecule has 6 nitrogen and oxygen atoms in total. The van der Waals surface area contributed by atoms with Crippen molar-refractivity contribution in [3.05, 3.63) is 5.70 Å². The number of carboxylic acid groups (broad SMARTS) is 1. The van der Waals surface area contributed by atoms with Crippen molar-refractivity contribution in [2.45, 2.75) is 38.2 Å². The zero-order chi connectivity index (χ0) is 12.0. The highest BCUT2D eigenvalue weighted by atomic mass is 16.7. The van der Waals surface area contributed by atoms with E-state index in [1.54, 1.807) is 5.94 Å². The molecule has 4 N–H and O–H groups in total. The Morgan fingerprint density at radius 2 is 2.06 bits per heavy atom. The van der Waals surface area contributed by atoms with E-state index < -0.39 is 12.3 Å². The Balaban J connectivity index is 2.76. The molecule has 0 unspecified atom stereocenters. The summed E-state index contributed by atoms with van der Waals surface area (Å²) in [6, 6.07) is 0. The van der Waals surface area contributed by atoms with Crippen molar-refractivity contribution in [2.24, 2.45) is 11.8 Å². The summed E-state index contributed by atoms with van der Waals surface area (Å²) in [4.78, 5) is 21.2. The van der Waals surface area contributed by atoms with E-state index in [-0.39, 0.29) is 11.6 Å². The van der Waals surface area contributed by atoms with Crippen molar-refractivity contribution in [3.8, 4) is 0 Å². The summed E-state index contributed by atoms with van der Waals surface area (Å²) in [5.74, 6) is 6.75. The zero-order valence-corrected chi connectivity index (χ0v) is 8.94. The van der Waals surface area contributed by atoms with Gasteiger partial charge in [0.1, 0.15) is 0 Å². The minimum absolute atomic E-state index is 0.0114. The second kappa shape index (κ2) is 6.15. The quantitative estimate of drug-likeness (QED) is 0.285. The molecule has 0 amide bonds. The molecule has 16 heavy (non-hydrogen) atoms. The third-order valence-electron chi connectivity index (χ3n) is 2.86. The molecule has 0 heterocycles. The highest BCUT2D eigenvalue weighted by molar-refractivity contribution is 5.60. The second-order valence-electron chi connectivity index (χ2n) is 3.86. The molecule has 1 fully saturated rings. The molecule has 0 aromatic heterocycles. The molecule has 0 saturated heterocycles. The number of nitrogens with two attached hydrogens (primary N) is 1. The van der Waals surface area contributed by atoms with Crippen molar-refractivity contribution in [2.75, 3.05) is 0 Å². The predicted octanol–water partition coefficient (Wildman–Crippen LogP) is 0.809. The number of hydrogen-bond donors (Lipinski definition) is 3. The summed E-state index contributed by atoms with van der Waals surface area (Å²) in [5, 5.41) is 8.62. The molecule has 0 spiro atoms. The Morgan fingerprint density at radius 1 is 1.44 bits per heavy atom. The molecule has 1 atom stereocenters. The van der Waals surface area contributed by atoms with E-state index in [0.717, 1.165) is 32.1 Å². The summed E-state index contributed by atoms with van der Waals surface area (Å²) >= 11 is 0. The average molecular weight is 228 g/mol. The summed E-state index contributed by atoms with van der Waals surface area (Å²) < 4.78 is 4.71. The summed E-state index contributed by atoms with van der Waals surface area (Å²) in [6.45, 7) is 0. The first-order valence-corrected chi connectivity index (χ1v) is 5.30. The van der Waals surface area contributed by atoms with E-state index in [1.165, 1.54) is 0 Å². The van der Waals surface area contributed by atoms with Gasteiger partial charge in [0.2, 0.25) is 0 Å². The number of hydrogen-bond acceptors (Lipinski definition) is 5. The molecule has 1 aliphatic carbocycles. The van der Waals surface area contributed by atoms with Gasteiger partial charge in [-0.05, 0) is 12.8 Å². The van der Waals surface area contributed by atoms with Crippen LogP contribution in [0.2, 0.25) is 0 Å².